The fourth-order valence-corrected chi connectivity index (χ4v) is 2.43. The first-order chi connectivity index (χ1) is 12.4. The molecule has 1 heterocycles. The first-order valence-electron chi connectivity index (χ1n) is 8.25. The topological polar surface area (TPSA) is 103 Å². The fraction of sp³-hybridized carbons (Fsp3) is 0.389. The Morgan fingerprint density at radius 3 is 2.81 bits per heavy atom. The van der Waals surface area contributed by atoms with E-state index in [0.717, 1.165) is 17.7 Å². The zero-order valence-electron chi connectivity index (χ0n) is 15.0. The number of hydrogen-bond donors (Lipinski definition) is 2. The molecule has 0 spiro atoms. The Morgan fingerprint density at radius 2 is 2.12 bits per heavy atom. The molecule has 1 atom stereocenters. The van der Waals surface area contributed by atoms with E-state index in [-0.39, 0.29) is 6.10 Å². The molecule has 0 unspecified atom stereocenters. The van der Waals surface area contributed by atoms with E-state index in [1.165, 1.54) is 19.2 Å². The molecule has 26 heavy (non-hydrogen) atoms. The van der Waals surface area contributed by atoms with Gasteiger partial charge in [-0.3, -0.25) is 10.1 Å². The minimum Gasteiger partial charge on any atom is -0.493 e. The second-order valence-corrected chi connectivity index (χ2v) is 5.63. The van der Waals surface area contributed by atoms with Crippen LogP contribution in [0.1, 0.15) is 25.0 Å². The number of rotatable bonds is 6. The minimum atomic E-state index is -0.721. The molecule has 8 nitrogen and oxygen atoms in total. The van der Waals surface area contributed by atoms with Crippen LogP contribution in [0.4, 0.5) is 4.79 Å². The van der Waals surface area contributed by atoms with Crippen LogP contribution in [0, 0.1) is 0 Å². The maximum atomic E-state index is 11.8. The van der Waals surface area contributed by atoms with E-state index in [2.05, 4.69) is 5.32 Å². The maximum absolute atomic E-state index is 11.8. The van der Waals surface area contributed by atoms with Crippen molar-refractivity contribution < 1.29 is 28.6 Å². The maximum Gasteiger partial charge on any atom is 0.331 e. The molecule has 0 saturated heterocycles. The van der Waals surface area contributed by atoms with Crippen LogP contribution in [0.15, 0.2) is 18.2 Å². The number of fused-ring (bicyclic) bond motifs is 1. The lowest BCUT2D eigenvalue weighted by Crippen LogP contribution is -2.39. The van der Waals surface area contributed by atoms with Gasteiger partial charge in [0.25, 0.3) is 5.91 Å². The summed E-state index contributed by atoms with van der Waals surface area (Å²) in [5.74, 6) is -0.0281. The van der Waals surface area contributed by atoms with Crippen LogP contribution in [-0.2, 0) is 20.7 Å². The van der Waals surface area contributed by atoms with Crippen LogP contribution < -0.4 is 20.1 Å². The van der Waals surface area contributed by atoms with Gasteiger partial charge in [-0.25, -0.2) is 9.59 Å². The lowest BCUT2D eigenvalue weighted by atomic mass is 10.1. The average Bonchev–Trinajstić information content (AvgIpc) is 2.96. The van der Waals surface area contributed by atoms with E-state index >= 15 is 0 Å². The highest BCUT2D eigenvalue weighted by atomic mass is 16.5. The summed E-state index contributed by atoms with van der Waals surface area (Å²) in [4.78, 5) is 34.1. The highest BCUT2D eigenvalue weighted by Gasteiger charge is 2.21. The van der Waals surface area contributed by atoms with Crippen LogP contribution in [0.5, 0.6) is 11.5 Å². The largest absolute Gasteiger partial charge is 0.493 e. The molecule has 3 amide bonds. The third-order valence-electron chi connectivity index (χ3n) is 3.55. The molecule has 0 aromatic heterocycles. The lowest BCUT2D eigenvalue weighted by molar-refractivity contribution is -0.143. The van der Waals surface area contributed by atoms with Gasteiger partial charge in [0.2, 0.25) is 0 Å². The smallest absolute Gasteiger partial charge is 0.331 e. The van der Waals surface area contributed by atoms with Gasteiger partial charge < -0.3 is 19.5 Å². The summed E-state index contributed by atoms with van der Waals surface area (Å²) >= 11 is 0. The first-order valence-corrected chi connectivity index (χ1v) is 8.25. The number of hydrogen-bond acceptors (Lipinski definition) is 6. The van der Waals surface area contributed by atoms with Crippen molar-refractivity contribution in [1.82, 2.24) is 10.6 Å². The SMILES string of the molecule is CCOc1cc2c(cc1/C=C/C(=O)OCC(=O)NC(=O)NC)O[C@H](C)C2. The van der Waals surface area contributed by atoms with Gasteiger partial charge in [-0.05, 0) is 32.1 Å². The monoisotopic (exact) mass is 362 g/mol. The number of benzene rings is 1. The molecule has 8 heteroatoms. The summed E-state index contributed by atoms with van der Waals surface area (Å²) in [6, 6.07) is 3.05. The van der Waals surface area contributed by atoms with E-state index in [1.807, 2.05) is 31.3 Å². The zero-order valence-corrected chi connectivity index (χ0v) is 15.0. The van der Waals surface area contributed by atoms with Gasteiger partial charge in [0.1, 0.15) is 17.6 Å². The number of amides is 3. The molecule has 0 saturated carbocycles. The molecule has 1 aliphatic heterocycles. The zero-order chi connectivity index (χ0) is 19.1. The summed E-state index contributed by atoms with van der Waals surface area (Å²) in [5.41, 5.74) is 1.73. The van der Waals surface area contributed by atoms with Crippen LogP contribution in [0.25, 0.3) is 6.08 Å². The molecular weight excluding hydrogens is 340 g/mol. The Morgan fingerprint density at radius 1 is 1.35 bits per heavy atom. The van der Waals surface area contributed by atoms with Crippen molar-refractivity contribution in [3.8, 4) is 11.5 Å². The Kier molecular flexibility index (Phi) is 6.60. The van der Waals surface area contributed by atoms with Crippen LogP contribution in [0.2, 0.25) is 0 Å². The first kappa shape index (κ1) is 19.3. The van der Waals surface area contributed by atoms with Gasteiger partial charge in [0.05, 0.1) is 6.61 Å². The van der Waals surface area contributed by atoms with E-state index in [1.54, 1.807) is 0 Å². The van der Waals surface area contributed by atoms with Crippen LogP contribution >= 0.6 is 0 Å². The molecule has 0 fully saturated rings. The normalized spacial score (nSPS) is 15.1. The number of ether oxygens (including phenoxy) is 3. The van der Waals surface area contributed by atoms with Gasteiger partial charge in [-0.15, -0.1) is 0 Å². The summed E-state index contributed by atoms with van der Waals surface area (Å²) in [6.45, 7) is 3.79. The van der Waals surface area contributed by atoms with Gasteiger partial charge in [-0.1, -0.05) is 0 Å². The predicted molar refractivity (Wildman–Crippen MR) is 94.0 cm³/mol. The molecule has 140 valence electrons. The van der Waals surface area contributed by atoms with Crippen molar-refractivity contribution >= 4 is 24.0 Å². The second-order valence-electron chi connectivity index (χ2n) is 5.63. The third kappa shape index (κ3) is 5.23. The van der Waals surface area contributed by atoms with Crippen molar-refractivity contribution in [2.24, 2.45) is 0 Å². The second kappa shape index (κ2) is 8.89. The van der Waals surface area contributed by atoms with Gasteiger partial charge in [0, 0.05) is 30.7 Å². The minimum absolute atomic E-state index is 0.0995. The van der Waals surface area contributed by atoms with Crippen molar-refractivity contribution in [1.29, 1.82) is 0 Å². The third-order valence-corrected chi connectivity index (χ3v) is 3.55. The number of urea groups is 1. The molecule has 2 N–H and O–H groups in total. The lowest BCUT2D eigenvalue weighted by Gasteiger charge is -2.10. The molecule has 0 radical (unpaired) electrons. The number of carbonyl (C=O) groups excluding carboxylic acids is 3. The summed E-state index contributed by atoms with van der Waals surface area (Å²) < 4.78 is 16.1. The summed E-state index contributed by atoms with van der Waals surface area (Å²) in [5, 5.41) is 4.21. The van der Waals surface area contributed by atoms with E-state index in [0.29, 0.717) is 17.9 Å². The standard InChI is InChI=1S/C18H22N2O6/c1-4-24-14-9-13-7-11(2)26-15(13)8-12(14)5-6-17(22)25-10-16(21)20-18(23)19-3/h5-6,8-9,11H,4,7,10H2,1-3H3,(H2,19,20,21,23)/b6-5+/t11-/m1/s1. The van der Waals surface area contributed by atoms with Gasteiger partial charge in [0.15, 0.2) is 6.61 Å². The van der Waals surface area contributed by atoms with Crippen LogP contribution in [-0.4, -0.2) is 44.3 Å². The van der Waals surface area contributed by atoms with E-state index < -0.39 is 24.5 Å². The summed E-state index contributed by atoms with van der Waals surface area (Å²) in [7, 11) is 1.37. The quantitative estimate of drug-likeness (QED) is 0.586. The van der Waals surface area contributed by atoms with E-state index in [9.17, 15) is 14.4 Å². The Bertz CT molecular complexity index is 729. The number of esters is 1. The highest BCUT2D eigenvalue weighted by molar-refractivity contribution is 5.96. The van der Waals surface area contributed by atoms with Gasteiger partial charge >= 0.3 is 12.0 Å². The van der Waals surface area contributed by atoms with Crippen molar-refractivity contribution in [2.75, 3.05) is 20.3 Å². The molecule has 1 aromatic carbocycles. The molecule has 2 rings (SSSR count). The molecular formula is C18H22N2O6. The van der Waals surface area contributed by atoms with Crippen molar-refractivity contribution in [3.05, 3.63) is 29.3 Å². The molecule has 1 aliphatic rings. The number of nitrogens with one attached hydrogen (secondary N) is 2. The predicted octanol–water partition coefficient (Wildman–Crippen LogP) is 1.42. The molecule has 0 aliphatic carbocycles. The molecule has 1 aromatic rings. The van der Waals surface area contributed by atoms with Crippen molar-refractivity contribution in [3.63, 3.8) is 0 Å². The van der Waals surface area contributed by atoms with Gasteiger partial charge in [-0.2, -0.15) is 0 Å². The Balaban J connectivity index is 2.00. The molecule has 0 bridgehead atoms. The summed E-state index contributed by atoms with van der Waals surface area (Å²) in [6.07, 6.45) is 3.64. The highest BCUT2D eigenvalue weighted by Crippen LogP contribution is 2.35. The van der Waals surface area contributed by atoms with Crippen LogP contribution in [0.3, 0.4) is 0 Å². The number of carbonyl (C=O) groups is 3. The Hall–Kier alpha value is -3.03. The Labute approximate surface area is 151 Å². The number of imide groups is 1. The fourth-order valence-electron chi connectivity index (χ4n) is 2.43. The van der Waals surface area contributed by atoms with E-state index in [4.69, 9.17) is 14.2 Å². The van der Waals surface area contributed by atoms with Crippen molar-refractivity contribution in [2.45, 2.75) is 26.4 Å². The average molecular weight is 362 g/mol.